The molecule has 3 aromatic rings. The zero-order valence-electron chi connectivity index (χ0n) is 14.0. The minimum Gasteiger partial charge on any atom is -0.489 e. The number of rotatable bonds is 5. The third-order valence-electron chi connectivity index (χ3n) is 3.86. The molecule has 0 atom stereocenters. The van der Waals surface area contributed by atoms with Gasteiger partial charge in [0.1, 0.15) is 24.0 Å². The Morgan fingerprint density at radius 1 is 1.04 bits per heavy atom. The Morgan fingerprint density at radius 2 is 1.77 bits per heavy atom. The van der Waals surface area contributed by atoms with Crippen molar-refractivity contribution in [2.75, 3.05) is 0 Å². The number of hydrogen-bond acceptors (Lipinski definition) is 3. The van der Waals surface area contributed by atoms with Gasteiger partial charge in [0.2, 0.25) is 5.91 Å². The Bertz CT molecular complexity index is 954. The summed E-state index contributed by atoms with van der Waals surface area (Å²) >= 11 is 0. The van der Waals surface area contributed by atoms with Crippen molar-refractivity contribution in [2.24, 2.45) is 5.73 Å². The molecule has 0 aliphatic heterocycles. The fourth-order valence-corrected chi connectivity index (χ4v) is 2.62. The normalized spacial score (nSPS) is 10.6. The number of nitrogens with two attached hydrogens (primary N) is 1. The van der Waals surface area contributed by atoms with Crippen LogP contribution in [0.4, 0.5) is 8.78 Å². The van der Waals surface area contributed by atoms with Crippen LogP contribution in [0.1, 0.15) is 21.5 Å². The first-order chi connectivity index (χ1) is 12.4. The largest absolute Gasteiger partial charge is 0.489 e. The lowest BCUT2D eigenvalue weighted by Gasteiger charge is -2.09. The van der Waals surface area contributed by atoms with Crippen molar-refractivity contribution < 1.29 is 18.3 Å². The average Bonchev–Trinajstić information content (AvgIpc) is 2.59. The summed E-state index contributed by atoms with van der Waals surface area (Å²) in [6.07, 6.45) is 3.30. The maximum atomic E-state index is 13.2. The predicted octanol–water partition coefficient (Wildman–Crippen LogP) is 4.01. The van der Waals surface area contributed by atoms with Crippen molar-refractivity contribution in [1.82, 2.24) is 4.98 Å². The van der Waals surface area contributed by atoms with Gasteiger partial charge in [-0.3, -0.25) is 9.78 Å². The molecule has 3 rings (SSSR count). The number of hydrogen-bond donors (Lipinski definition) is 1. The Hall–Kier alpha value is -3.28. The fraction of sp³-hybridized carbons (Fsp3) is 0.100. The third kappa shape index (κ3) is 4.03. The van der Waals surface area contributed by atoms with Crippen LogP contribution in [0.3, 0.4) is 0 Å². The Kier molecular flexibility index (Phi) is 4.93. The van der Waals surface area contributed by atoms with Crippen LogP contribution < -0.4 is 10.5 Å². The number of primary amides is 1. The number of aromatic nitrogens is 1. The lowest BCUT2D eigenvalue weighted by Crippen LogP contribution is -2.12. The summed E-state index contributed by atoms with van der Waals surface area (Å²) in [5.41, 5.74) is 9.00. The zero-order chi connectivity index (χ0) is 18.7. The van der Waals surface area contributed by atoms with Gasteiger partial charge in [-0.15, -0.1) is 0 Å². The van der Waals surface area contributed by atoms with Gasteiger partial charge >= 0.3 is 0 Å². The smallest absolute Gasteiger partial charge is 0.248 e. The molecule has 0 radical (unpaired) electrons. The lowest BCUT2D eigenvalue weighted by atomic mass is 10.00. The van der Waals surface area contributed by atoms with E-state index < -0.39 is 17.5 Å². The van der Waals surface area contributed by atoms with E-state index in [4.69, 9.17) is 10.5 Å². The van der Waals surface area contributed by atoms with E-state index in [2.05, 4.69) is 4.98 Å². The number of halogens is 2. The Morgan fingerprint density at radius 3 is 2.42 bits per heavy atom. The second-order valence-corrected chi connectivity index (χ2v) is 5.87. The minimum atomic E-state index is -0.697. The highest BCUT2D eigenvalue weighted by atomic mass is 19.1. The highest BCUT2D eigenvalue weighted by Crippen LogP contribution is 2.23. The van der Waals surface area contributed by atoms with Gasteiger partial charge in [-0.05, 0) is 30.2 Å². The molecule has 0 bridgehead atoms. The average molecular weight is 354 g/mol. The number of carbonyl (C=O) groups is 1. The summed E-state index contributed by atoms with van der Waals surface area (Å²) in [5.74, 6) is -1.76. The van der Waals surface area contributed by atoms with E-state index in [0.29, 0.717) is 5.56 Å². The van der Waals surface area contributed by atoms with E-state index in [0.717, 1.165) is 40.5 Å². The van der Waals surface area contributed by atoms with Gasteiger partial charge in [0, 0.05) is 47.3 Å². The van der Waals surface area contributed by atoms with E-state index in [-0.39, 0.29) is 12.4 Å². The molecule has 1 aromatic heterocycles. The van der Waals surface area contributed by atoms with Crippen molar-refractivity contribution in [3.05, 3.63) is 83.2 Å². The molecule has 0 spiro atoms. The molecule has 2 N–H and O–H groups in total. The van der Waals surface area contributed by atoms with Crippen LogP contribution in [0.25, 0.3) is 11.1 Å². The molecule has 0 aliphatic rings. The first-order valence-corrected chi connectivity index (χ1v) is 7.86. The lowest BCUT2D eigenvalue weighted by molar-refractivity contribution is 0.0999. The molecule has 0 unspecified atom stereocenters. The summed E-state index contributed by atoms with van der Waals surface area (Å²) in [7, 11) is 0. The molecule has 0 aliphatic carbocycles. The van der Waals surface area contributed by atoms with Gasteiger partial charge in [-0.2, -0.15) is 0 Å². The molecule has 0 saturated heterocycles. The number of ether oxygens (including phenoxy) is 1. The Balaban J connectivity index is 1.80. The molecule has 1 heterocycles. The van der Waals surface area contributed by atoms with Gasteiger partial charge < -0.3 is 10.5 Å². The standard InChI is InChI=1S/C20H16F2N2O2/c1-12-4-14(2-3-19(12)20(23)25)15-5-13(9-24-10-15)11-26-18-7-16(21)6-17(22)8-18/h2-10H,11H2,1H3,(H2,23,25). The molecule has 132 valence electrons. The molecular weight excluding hydrogens is 338 g/mol. The molecule has 26 heavy (non-hydrogen) atoms. The SMILES string of the molecule is Cc1cc(-c2cncc(COc3cc(F)cc(F)c3)c2)ccc1C(N)=O. The van der Waals surface area contributed by atoms with Crippen LogP contribution in [0.15, 0.2) is 54.9 Å². The topological polar surface area (TPSA) is 65.2 Å². The van der Waals surface area contributed by atoms with E-state index in [9.17, 15) is 13.6 Å². The maximum Gasteiger partial charge on any atom is 0.248 e. The number of aryl methyl sites for hydroxylation is 1. The number of amides is 1. The number of carbonyl (C=O) groups excluding carboxylic acids is 1. The van der Waals surface area contributed by atoms with Crippen LogP contribution in [0.2, 0.25) is 0 Å². The van der Waals surface area contributed by atoms with Gasteiger partial charge in [0.15, 0.2) is 0 Å². The van der Waals surface area contributed by atoms with Crippen LogP contribution in [0, 0.1) is 18.6 Å². The molecule has 0 fully saturated rings. The quantitative estimate of drug-likeness (QED) is 0.753. The van der Waals surface area contributed by atoms with Crippen LogP contribution >= 0.6 is 0 Å². The molecular formula is C20H16F2N2O2. The highest BCUT2D eigenvalue weighted by Gasteiger charge is 2.08. The van der Waals surface area contributed by atoms with E-state index in [1.807, 2.05) is 19.1 Å². The monoisotopic (exact) mass is 354 g/mol. The van der Waals surface area contributed by atoms with E-state index >= 15 is 0 Å². The van der Waals surface area contributed by atoms with Gasteiger partial charge in [-0.1, -0.05) is 12.1 Å². The van der Waals surface area contributed by atoms with Gasteiger partial charge in [0.25, 0.3) is 0 Å². The summed E-state index contributed by atoms with van der Waals surface area (Å²) < 4.78 is 31.8. The minimum absolute atomic E-state index is 0.106. The van der Waals surface area contributed by atoms with E-state index in [1.54, 1.807) is 24.5 Å². The fourth-order valence-electron chi connectivity index (χ4n) is 2.62. The van der Waals surface area contributed by atoms with Crippen molar-refractivity contribution in [2.45, 2.75) is 13.5 Å². The van der Waals surface area contributed by atoms with Crippen LogP contribution in [-0.2, 0) is 6.61 Å². The number of nitrogens with zero attached hydrogens (tertiary/aromatic N) is 1. The molecule has 1 amide bonds. The first kappa shape index (κ1) is 17.5. The second kappa shape index (κ2) is 7.31. The summed E-state index contributed by atoms with van der Waals surface area (Å²) in [4.78, 5) is 15.5. The molecule has 4 nitrogen and oxygen atoms in total. The van der Waals surface area contributed by atoms with Crippen molar-refractivity contribution in [1.29, 1.82) is 0 Å². The van der Waals surface area contributed by atoms with Gasteiger partial charge in [0.05, 0.1) is 0 Å². The predicted molar refractivity (Wildman–Crippen MR) is 93.6 cm³/mol. The summed E-state index contributed by atoms with van der Waals surface area (Å²) in [5, 5.41) is 0. The molecule has 6 heteroatoms. The van der Waals surface area contributed by atoms with E-state index in [1.165, 1.54) is 0 Å². The van der Waals surface area contributed by atoms with Crippen LogP contribution in [0.5, 0.6) is 5.75 Å². The molecule has 0 saturated carbocycles. The van der Waals surface area contributed by atoms with Crippen LogP contribution in [-0.4, -0.2) is 10.9 Å². The number of benzene rings is 2. The summed E-state index contributed by atoms with van der Waals surface area (Å²) in [6, 6.07) is 10.2. The second-order valence-electron chi connectivity index (χ2n) is 5.87. The Labute approximate surface area is 149 Å². The maximum absolute atomic E-state index is 13.2. The summed E-state index contributed by atoms with van der Waals surface area (Å²) in [6.45, 7) is 1.92. The molecule has 2 aromatic carbocycles. The zero-order valence-corrected chi connectivity index (χ0v) is 14.0. The van der Waals surface area contributed by atoms with Gasteiger partial charge in [-0.25, -0.2) is 8.78 Å². The number of pyridine rings is 1. The van der Waals surface area contributed by atoms with Crippen molar-refractivity contribution >= 4 is 5.91 Å². The van der Waals surface area contributed by atoms with Crippen molar-refractivity contribution in [3.8, 4) is 16.9 Å². The third-order valence-corrected chi connectivity index (χ3v) is 3.86. The first-order valence-electron chi connectivity index (χ1n) is 7.86. The highest BCUT2D eigenvalue weighted by molar-refractivity contribution is 5.94. The van der Waals surface area contributed by atoms with Crippen molar-refractivity contribution in [3.63, 3.8) is 0 Å².